The van der Waals surface area contributed by atoms with Gasteiger partial charge in [-0.3, -0.25) is 4.79 Å². The van der Waals surface area contributed by atoms with E-state index in [-0.39, 0.29) is 5.91 Å². The first-order chi connectivity index (χ1) is 9.02. The Labute approximate surface area is 116 Å². The van der Waals surface area contributed by atoms with Gasteiger partial charge in [0.05, 0.1) is 5.41 Å². The fourth-order valence-corrected chi connectivity index (χ4v) is 2.35. The summed E-state index contributed by atoms with van der Waals surface area (Å²) < 4.78 is 0. The quantitative estimate of drug-likeness (QED) is 0.826. The predicted molar refractivity (Wildman–Crippen MR) is 81.3 cm³/mol. The lowest BCUT2D eigenvalue weighted by Gasteiger charge is -2.28. The van der Waals surface area contributed by atoms with E-state index in [2.05, 4.69) is 31.3 Å². The standard InChI is InChI=1S/C16H26N2O/c1-5-13-10-14(9-8-12(13)4)18-15(19)16(6-2,7-3)11-17/h8-10H,5-7,11,17H2,1-4H3,(H,18,19). The molecule has 1 aromatic rings. The minimum atomic E-state index is -0.447. The van der Waals surface area contributed by atoms with Gasteiger partial charge in [0.2, 0.25) is 5.91 Å². The highest BCUT2D eigenvalue weighted by Crippen LogP contribution is 2.27. The molecule has 0 fully saturated rings. The maximum absolute atomic E-state index is 12.4. The highest BCUT2D eigenvalue weighted by molar-refractivity contribution is 5.95. The molecule has 3 nitrogen and oxygen atoms in total. The van der Waals surface area contributed by atoms with Gasteiger partial charge in [0, 0.05) is 12.2 Å². The minimum absolute atomic E-state index is 0.0332. The minimum Gasteiger partial charge on any atom is -0.329 e. The van der Waals surface area contributed by atoms with Crippen LogP contribution in [0, 0.1) is 12.3 Å². The second-order valence-electron chi connectivity index (χ2n) is 5.14. The third kappa shape index (κ3) is 3.35. The molecule has 0 aliphatic carbocycles. The smallest absolute Gasteiger partial charge is 0.231 e. The van der Waals surface area contributed by atoms with Gasteiger partial charge in [0.25, 0.3) is 0 Å². The van der Waals surface area contributed by atoms with Crippen LogP contribution >= 0.6 is 0 Å². The van der Waals surface area contributed by atoms with Gasteiger partial charge < -0.3 is 11.1 Å². The van der Waals surface area contributed by atoms with Crippen LogP contribution in [0.1, 0.15) is 44.7 Å². The van der Waals surface area contributed by atoms with Gasteiger partial charge in [-0.05, 0) is 49.4 Å². The van der Waals surface area contributed by atoms with Crippen molar-refractivity contribution in [1.29, 1.82) is 0 Å². The highest BCUT2D eigenvalue weighted by Gasteiger charge is 2.33. The second kappa shape index (κ2) is 6.71. The summed E-state index contributed by atoms with van der Waals surface area (Å²) in [6, 6.07) is 6.06. The molecule has 0 aliphatic heterocycles. The first-order valence-electron chi connectivity index (χ1n) is 7.14. The van der Waals surface area contributed by atoms with E-state index in [1.54, 1.807) is 0 Å². The zero-order chi connectivity index (χ0) is 14.5. The Bertz CT molecular complexity index is 428. The maximum Gasteiger partial charge on any atom is 0.231 e. The molecule has 0 aromatic heterocycles. The Kier molecular flexibility index (Phi) is 5.55. The molecule has 1 aromatic carbocycles. The average Bonchev–Trinajstić information content (AvgIpc) is 2.43. The molecule has 0 saturated heterocycles. The van der Waals surface area contributed by atoms with Crippen molar-refractivity contribution in [2.24, 2.45) is 11.1 Å². The summed E-state index contributed by atoms with van der Waals surface area (Å²) in [5.41, 5.74) is 8.75. The molecule has 0 atom stereocenters. The summed E-state index contributed by atoms with van der Waals surface area (Å²) in [4.78, 5) is 12.4. The average molecular weight is 262 g/mol. The molecule has 106 valence electrons. The van der Waals surface area contributed by atoms with Crippen LogP contribution < -0.4 is 11.1 Å². The molecular weight excluding hydrogens is 236 g/mol. The lowest BCUT2D eigenvalue weighted by molar-refractivity contribution is -0.125. The van der Waals surface area contributed by atoms with Crippen LogP contribution in [0.4, 0.5) is 5.69 Å². The zero-order valence-corrected chi connectivity index (χ0v) is 12.5. The largest absolute Gasteiger partial charge is 0.329 e. The van der Waals surface area contributed by atoms with E-state index in [1.165, 1.54) is 11.1 Å². The monoisotopic (exact) mass is 262 g/mol. The van der Waals surface area contributed by atoms with Crippen LogP contribution in [0.2, 0.25) is 0 Å². The summed E-state index contributed by atoms with van der Waals surface area (Å²) in [6.07, 6.45) is 2.50. The molecular formula is C16H26N2O. The number of carbonyl (C=O) groups excluding carboxylic acids is 1. The maximum atomic E-state index is 12.4. The van der Waals surface area contributed by atoms with Crippen molar-refractivity contribution in [3.8, 4) is 0 Å². The molecule has 19 heavy (non-hydrogen) atoms. The van der Waals surface area contributed by atoms with E-state index in [9.17, 15) is 4.79 Å². The molecule has 0 radical (unpaired) electrons. The Morgan fingerprint density at radius 1 is 1.26 bits per heavy atom. The third-order valence-electron chi connectivity index (χ3n) is 4.21. The van der Waals surface area contributed by atoms with Gasteiger partial charge in [0.15, 0.2) is 0 Å². The van der Waals surface area contributed by atoms with E-state index >= 15 is 0 Å². The van der Waals surface area contributed by atoms with Gasteiger partial charge in [-0.2, -0.15) is 0 Å². The Hall–Kier alpha value is -1.35. The zero-order valence-electron chi connectivity index (χ0n) is 12.5. The molecule has 1 amide bonds. The molecule has 1 rings (SSSR count). The van der Waals surface area contributed by atoms with Crippen molar-refractivity contribution < 1.29 is 4.79 Å². The van der Waals surface area contributed by atoms with Gasteiger partial charge in [-0.25, -0.2) is 0 Å². The molecule has 0 aliphatic rings. The number of hydrogen-bond donors (Lipinski definition) is 2. The van der Waals surface area contributed by atoms with Crippen LogP contribution in [0.25, 0.3) is 0 Å². The van der Waals surface area contributed by atoms with Crippen molar-refractivity contribution in [2.75, 3.05) is 11.9 Å². The van der Waals surface area contributed by atoms with E-state index in [4.69, 9.17) is 5.73 Å². The number of carbonyl (C=O) groups is 1. The van der Waals surface area contributed by atoms with Crippen molar-refractivity contribution in [3.63, 3.8) is 0 Å². The van der Waals surface area contributed by atoms with E-state index < -0.39 is 5.41 Å². The summed E-state index contributed by atoms with van der Waals surface area (Å²) in [5.74, 6) is 0.0332. The normalized spacial score (nSPS) is 11.4. The Balaban J connectivity index is 2.93. The third-order valence-corrected chi connectivity index (χ3v) is 4.21. The number of amides is 1. The number of anilines is 1. The fraction of sp³-hybridized carbons (Fsp3) is 0.562. The van der Waals surface area contributed by atoms with Gasteiger partial charge in [-0.15, -0.1) is 0 Å². The lowest BCUT2D eigenvalue weighted by Crippen LogP contribution is -2.41. The second-order valence-corrected chi connectivity index (χ2v) is 5.14. The highest BCUT2D eigenvalue weighted by atomic mass is 16.2. The van der Waals surface area contributed by atoms with E-state index in [0.717, 1.165) is 24.9 Å². The number of nitrogens with one attached hydrogen (secondary N) is 1. The Morgan fingerprint density at radius 2 is 1.89 bits per heavy atom. The summed E-state index contributed by atoms with van der Waals surface area (Å²) in [5, 5.41) is 3.02. The molecule has 0 bridgehead atoms. The number of benzene rings is 1. The number of aryl methyl sites for hydroxylation is 2. The summed E-state index contributed by atoms with van der Waals surface area (Å²) >= 11 is 0. The SMILES string of the molecule is CCc1cc(NC(=O)C(CC)(CC)CN)ccc1C. The van der Waals surface area contributed by atoms with Crippen molar-refractivity contribution >= 4 is 11.6 Å². The first-order valence-corrected chi connectivity index (χ1v) is 7.14. The summed E-state index contributed by atoms with van der Waals surface area (Å²) in [7, 11) is 0. The van der Waals surface area contributed by atoms with Gasteiger partial charge >= 0.3 is 0 Å². The Morgan fingerprint density at radius 3 is 2.37 bits per heavy atom. The van der Waals surface area contributed by atoms with Crippen LogP contribution in [-0.4, -0.2) is 12.5 Å². The van der Waals surface area contributed by atoms with Crippen LogP contribution in [-0.2, 0) is 11.2 Å². The van der Waals surface area contributed by atoms with Gasteiger partial charge in [0.1, 0.15) is 0 Å². The lowest BCUT2D eigenvalue weighted by atomic mass is 9.81. The number of rotatable bonds is 6. The topological polar surface area (TPSA) is 55.1 Å². The fourth-order valence-electron chi connectivity index (χ4n) is 2.35. The molecule has 3 N–H and O–H groups in total. The number of hydrogen-bond acceptors (Lipinski definition) is 2. The van der Waals surface area contributed by atoms with Crippen molar-refractivity contribution in [3.05, 3.63) is 29.3 Å². The molecule has 0 spiro atoms. The van der Waals surface area contributed by atoms with Crippen molar-refractivity contribution in [2.45, 2.75) is 47.0 Å². The van der Waals surface area contributed by atoms with E-state index in [0.29, 0.717) is 6.54 Å². The predicted octanol–water partition coefficient (Wildman–Crippen LogP) is 3.26. The van der Waals surface area contributed by atoms with Crippen LogP contribution in [0.15, 0.2) is 18.2 Å². The molecule has 0 unspecified atom stereocenters. The van der Waals surface area contributed by atoms with Crippen LogP contribution in [0.3, 0.4) is 0 Å². The first kappa shape index (κ1) is 15.7. The van der Waals surface area contributed by atoms with E-state index in [1.807, 2.05) is 19.9 Å². The van der Waals surface area contributed by atoms with Gasteiger partial charge in [-0.1, -0.05) is 26.8 Å². The van der Waals surface area contributed by atoms with Crippen LogP contribution in [0.5, 0.6) is 0 Å². The molecule has 0 saturated carbocycles. The number of nitrogens with two attached hydrogens (primary N) is 1. The molecule has 0 heterocycles. The molecule has 3 heteroatoms. The van der Waals surface area contributed by atoms with Crippen molar-refractivity contribution in [1.82, 2.24) is 0 Å². The summed E-state index contributed by atoms with van der Waals surface area (Å²) in [6.45, 7) is 8.63.